The van der Waals surface area contributed by atoms with Crippen LogP contribution in [-0.2, 0) is 12.8 Å². The normalized spacial score (nSPS) is 17.6. The number of rotatable bonds is 9. The SMILES string of the molecule is CCOc1cc([C@H](C)N2CCc3c(cc(CCN4CCC4CO)cc3-c3ccc(F)nc3C)C2=O)ncc1C#N. The highest BCUT2D eigenvalue weighted by Crippen LogP contribution is 2.36. The second-order valence-corrected chi connectivity index (χ2v) is 10.4. The number of aliphatic hydroxyl groups is 1. The molecule has 0 aliphatic carbocycles. The molecule has 2 aliphatic rings. The van der Waals surface area contributed by atoms with Gasteiger partial charge in [0.05, 0.1) is 24.9 Å². The van der Waals surface area contributed by atoms with E-state index in [2.05, 4.69) is 27.0 Å². The number of hydrogen-bond donors (Lipinski definition) is 1. The highest BCUT2D eigenvalue weighted by molar-refractivity contribution is 5.99. The van der Waals surface area contributed by atoms with Gasteiger partial charge in [-0.15, -0.1) is 0 Å². The average molecular weight is 544 g/mol. The van der Waals surface area contributed by atoms with Crippen molar-refractivity contribution in [1.29, 1.82) is 5.26 Å². The van der Waals surface area contributed by atoms with Crippen LogP contribution in [0.15, 0.2) is 36.5 Å². The standard InChI is InChI=1S/C31H34FN5O3/c1-4-40-29-15-28(34-17-22(29)16-33)20(3)37-12-9-25-26(24-5-6-30(32)35-19(24)2)13-21(14-27(25)31(37)39)7-10-36-11-8-23(36)18-38/h5-6,13-15,17,20,23,38H,4,7-12,18H2,1-3H3/t20-,23?/m0/s1. The number of carbonyl (C=O) groups is 1. The molecule has 0 spiro atoms. The third-order valence-electron chi connectivity index (χ3n) is 8.11. The van der Waals surface area contributed by atoms with Crippen molar-refractivity contribution in [3.8, 4) is 22.9 Å². The van der Waals surface area contributed by atoms with Gasteiger partial charge in [0, 0.05) is 54.8 Å². The summed E-state index contributed by atoms with van der Waals surface area (Å²) in [4.78, 5) is 26.6. The molecule has 1 fully saturated rings. The average Bonchev–Trinajstić information content (AvgIpc) is 2.93. The first-order chi connectivity index (χ1) is 19.3. The molecule has 9 heteroatoms. The fraction of sp³-hybridized carbons (Fsp3) is 0.419. The van der Waals surface area contributed by atoms with Crippen molar-refractivity contribution in [2.75, 3.05) is 32.8 Å². The van der Waals surface area contributed by atoms with E-state index in [1.165, 1.54) is 12.3 Å². The Morgan fingerprint density at radius 1 is 1.23 bits per heavy atom. The molecule has 208 valence electrons. The van der Waals surface area contributed by atoms with Crippen molar-refractivity contribution in [3.05, 3.63) is 76.1 Å². The topological polar surface area (TPSA) is 103 Å². The van der Waals surface area contributed by atoms with E-state index in [4.69, 9.17) is 4.74 Å². The van der Waals surface area contributed by atoms with E-state index in [-0.39, 0.29) is 24.6 Å². The Balaban J connectivity index is 1.50. The van der Waals surface area contributed by atoms with Gasteiger partial charge in [0.25, 0.3) is 5.91 Å². The van der Waals surface area contributed by atoms with Gasteiger partial charge in [0.15, 0.2) is 0 Å². The van der Waals surface area contributed by atoms with E-state index in [0.717, 1.165) is 48.2 Å². The van der Waals surface area contributed by atoms with Crippen LogP contribution in [-0.4, -0.2) is 69.7 Å². The number of aryl methyl sites for hydroxylation is 1. The highest BCUT2D eigenvalue weighted by Gasteiger charge is 2.32. The molecule has 4 heterocycles. The van der Waals surface area contributed by atoms with Crippen molar-refractivity contribution < 1.29 is 19.0 Å². The van der Waals surface area contributed by atoms with Crippen LogP contribution in [0.5, 0.6) is 5.75 Å². The summed E-state index contributed by atoms with van der Waals surface area (Å²) in [6, 6.07) is 10.9. The van der Waals surface area contributed by atoms with E-state index >= 15 is 0 Å². The lowest BCUT2D eigenvalue weighted by Gasteiger charge is -2.40. The number of pyridine rings is 2. The second-order valence-electron chi connectivity index (χ2n) is 10.4. The lowest BCUT2D eigenvalue weighted by Crippen LogP contribution is -2.50. The highest BCUT2D eigenvalue weighted by atomic mass is 19.1. The van der Waals surface area contributed by atoms with Crippen LogP contribution in [0, 0.1) is 24.2 Å². The first-order valence-corrected chi connectivity index (χ1v) is 13.8. The molecule has 2 aromatic heterocycles. The second kappa shape index (κ2) is 11.7. The first kappa shape index (κ1) is 27.7. The zero-order chi connectivity index (χ0) is 28.4. The van der Waals surface area contributed by atoms with Crippen LogP contribution in [0.4, 0.5) is 4.39 Å². The minimum Gasteiger partial charge on any atom is -0.492 e. The van der Waals surface area contributed by atoms with Gasteiger partial charge in [0.2, 0.25) is 5.95 Å². The summed E-state index contributed by atoms with van der Waals surface area (Å²) < 4.78 is 19.5. The molecular weight excluding hydrogens is 509 g/mol. The number of aliphatic hydroxyl groups excluding tert-OH is 1. The van der Waals surface area contributed by atoms with Gasteiger partial charge in [-0.3, -0.25) is 14.7 Å². The molecule has 8 nitrogen and oxygen atoms in total. The number of hydrogen-bond acceptors (Lipinski definition) is 7. The summed E-state index contributed by atoms with van der Waals surface area (Å²) in [7, 11) is 0. The van der Waals surface area contributed by atoms with Gasteiger partial charge in [-0.05, 0) is 74.9 Å². The molecular formula is C31H34FN5O3. The van der Waals surface area contributed by atoms with Gasteiger partial charge in [-0.25, -0.2) is 4.98 Å². The van der Waals surface area contributed by atoms with Crippen LogP contribution in [0.25, 0.3) is 11.1 Å². The number of carbonyl (C=O) groups excluding carboxylic acids is 1. The van der Waals surface area contributed by atoms with Crippen molar-refractivity contribution in [2.24, 2.45) is 0 Å². The predicted octanol–water partition coefficient (Wildman–Crippen LogP) is 4.23. The molecule has 0 saturated carbocycles. The summed E-state index contributed by atoms with van der Waals surface area (Å²) in [5, 5.41) is 19.0. The Bertz CT molecular complexity index is 1470. The molecule has 0 bridgehead atoms. The summed E-state index contributed by atoms with van der Waals surface area (Å²) in [5.41, 5.74) is 5.91. The first-order valence-electron chi connectivity index (χ1n) is 13.8. The number of aromatic nitrogens is 2. The molecule has 1 N–H and O–H groups in total. The van der Waals surface area contributed by atoms with Crippen molar-refractivity contribution >= 4 is 5.91 Å². The smallest absolute Gasteiger partial charge is 0.254 e. The molecule has 5 rings (SSSR count). The number of benzene rings is 1. The number of nitrogens with zero attached hydrogens (tertiary/aromatic N) is 5. The number of halogens is 1. The minimum absolute atomic E-state index is 0.0918. The molecule has 40 heavy (non-hydrogen) atoms. The maximum atomic E-state index is 14.0. The molecule has 1 unspecified atom stereocenters. The fourth-order valence-electron chi connectivity index (χ4n) is 5.72. The zero-order valence-electron chi connectivity index (χ0n) is 23.2. The maximum Gasteiger partial charge on any atom is 0.254 e. The quantitative estimate of drug-likeness (QED) is 0.403. The molecule has 0 radical (unpaired) electrons. The van der Waals surface area contributed by atoms with Crippen LogP contribution in [0.2, 0.25) is 0 Å². The molecule has 1 aromatic carbocycles. The van der Waals surface area contributed by atoms with E-state index in [9.17, 15) is 19.6 Å². The van der Waals surface area contributed by atoms with Crippen molar-refractivity contribution in [3.63, 3.8) is 0 Å². The Morgan fingerprint density at radius 3 is 2.70 bits per heavy atom. The van der Waals surface area contributed by atoms with Gasteiger partial charge in [0.1, 0.15) is 17.4 Å². The Hall–Kier alpha value is -3.87. The Morgan fingerprint density at radius 2 is 2.02 bits per heavy atom. The lowest BCUT2D eigenvalue weighted by atomic mass is 9.86. The van der Waals surface area contributed by atoms with Gasteiger partial charge >= 0.3 is 0 Å². The van der Waals surface area contributed by atoms with Gasteiger partial charge < -0.3 is 14.7 Å². The van der Waals surface area contributed by atoms with Crippen LogP contribution >= 0.6 is 0 Å². The molecule has 3 aromatic rings. The van der Waals surface area contributed by atoms with E-state index in [0.29, 0.717) is 47.8 Å². The van der Waals surface area contributed by atoms with Crippen LogP contribution < -0.4 is 4.74 Å². The molecule has 2 aliphatic heterocycles. The lowest BCUT2D eigenvalue weighted by molar-refractivity contribution is 0.0436. The van der Waals surface area contributed by atoms with E-state index < -0.39 is 5.95 Å². The van der Waals surface area contributed by atoms with Gasteiger partial charge in [-0.1, -0.05) is 6.07 Å². The van der Waals surface area contributed by atoms with Crippen molar-refractivity contribution in [1.82, 2.24) is 19.8 Å². The summed E-state index contributed by atoms with van der Waals surface area (Å²) in [6.45, 7) is 8.38. The predicted molar refractivity (Wildman–Crippen MR) is 148 cm³/mol. The molecule has 2 atom stereocenters. The van der Waals surface area contributed by atoms with Crippen molar-refractivity contribution in [2.45, 2.75) is 52.1 Å². The molecule has 1 amide bonds. The number of nitriles is 1. The number of amides is 1. The Kier molecular flexibility index (Phi) is 8.10. The van der Waals surface area contributed by atoms with Crippen LogP contribution in [0.1, 0.15) is 64.7 Å². The summed E-state index contributed by atoms with van der Waals surface area (Å²) in [6.07, 6.45) is 3.84. The fourth-order valence-corrected chi connectivity index (χ4v) is 5.72. The van der Waals surface area contributed by atoms with Gasteiger partial charge in [-0.2, -0.15) is 9.65 Å². The maximum absolute atomic E-state index is 14.0. The zero-order valence-corrected chi connectivity index (χ0v) is 23.2. The number of fused-ring (bicyclic) bond motifs is 1. The summed E-state index contributed by atoms with van der Waals surface area (Å²) in [5.74, 6) is -0.162. The summed E-state index contributed by atoms with van der Waals surface area (Å²) >= 11 is 0. The monoisotopic (exact) mass is 543 g/mol. The number of ether oxygens (including phenoxy) is 1. The van der Waals surface area contributed by atoms with E-state index in [1.807, 2.05) is 24.8 Å². The Labute approximate surface area is 234 Å². The van der Waals surface area contributed by atoms with Crippen LogP contribution in [0.3, 0.4) is 0 Å². The molecule has 1 saturated heterocycles. The largest absolute Gasteiger partial charge is 0.492 e. The third kappa shape index (κ3) is 5.29. The third-order valence-corrected chi connectivity index (χ3v) is 8.11. The number of likely N-dealkylation sites (tertiary alicyclic amines) is 1. The van der Waals surface area contributed by atoms with E-state index in [1.54, 1.807) is 19.1 Å². The minimum atomic E-state index is -0.531.